The van der Waals surface area contributed by atoms with Crippen molar-refractivity contribution in [3.8, 4) is 5.75 Å². The average Bonchev–Trinajstić information content (AvgIpc) is 2.69. The van der Waals surface area contributed by atoms with Crippen LogP contribution < -0.4 is 15.2 Å². The molecule has 3 aromatic rings. The summed E-state index contributed by atoms with van der Waals surface area (Å²) in [6.45, 7) is 7.88. The molecule has 0 spiro atoms. The number of carbonyl (C=O) groups is 1. The summed E-state index contributed by atoms with van der Waals surface area (Å²) in [5.74, 6) is -0.239. The highest BCUT2D eigenvalue weighted by Gasteiger charge is 2.21. The number of hydrogen-bond acceptors (Lipinski definition) is 5. The zero-order valence-corrected chi connectivity index (χ0v) is 18.3. The van der Waals surface area contributed by atoms with Gasteiger partial charge < -0.3 is 14.7 Å². The summed E-state index contributed by atoms with van der Waals surface area (Å²) in [4.78, 5) is 31.3. The number of carboxylic acids is 1. The number of anilines is 1. The highest BCUT2D eigenvalue weighted by atomic mass is 35.5. The third-order valence-electron chi connectivity index (χ3n) is 5.15. The van der Waals surface area contributed by atoms with E-state index in [1.54, 1.807) is 45.0 Å². The second kappa shape index (κ2) is 8.36. The molecule has 7 nitrogen and oxygen atoms in total. The Hall–Kier alpha value is -3.06. The zero-order valence-electron chi connectivity index (χ0n) is 17.6. The number of aromatic carboxylic acids is 1. The van der Waals surface area contributed by atoms with Crippen LogP contribution in [0.3, 0.4) is 0 Å². The van der Waals surface area contributed by atoms with Gasteiger partial charge in [-0.1, -0.05) is 23.7 Å². The molecule has 2 aromatic heterocycles. The van der Waals surface area contributed by atoms with Crippen LogP contribution in [0.1, 0.15) is 47.0 Å². The van der Waals surface area contributed by atoms with Gasteiger partial charge >= 0.3 is 5.97 Å². The number of rotatable bonds is 6. The van der Waals surface area contributed by atoms with E-state index >= 15 is 0 Å². The predicted molar refractivity (Wildman–Crippen MR) is 117 cm³/mol. The van der Waals surface area contributed by atoms with Crippen molar-refractivity contribution >= 4 is 29.0 Å². The monoisotopic (exact) mass is 429 g/mol. The van der Waals surface area contributed by atoms with Crippen molar-refractivity contribution in [3.05, 3.63) is 68.1 Å². The number of benzene rings is 1. The van der Waals surface area contributed by atoms with Crippen LogP contribution in [0.2, 0.25) is 5.02 Å². The number of halogens is 1. The van der Waals surface area contributed by atoms with Crippen LogP contribution in [0, 0.1) is 13.8 Å². The molecule has 0 aliphatic heterocycles. The molecule has 0 saturated carbocycles. The highest BCUT2D eigenvalue weighted by molar-refractivity contribution is 6.30. The Labute approximate surface area is 179 Å². The van der Waals surface area contributed by atoms with E-state index in [0.717, 1.165) is 0 Å². The average molecular weight is 430 g/mol. The first-order chi connectivity index (χ1) is 14.1. The molecule has 1 aromatic carbocycles. The number of aryl methyl sites for hydroxylation is 1. The number of ether oxygens (including phenoxy) is 1. The van der Waals surface area contributed by atoms with Gasteiger partial charge in [0.1, 0.15) is 28.9 Å². The van der Waals surface area contributed by atoms with E-state index in [2.05, 4.69) is 0 Å². The third-order valence-corrected chi connectivity index (χ3v) is 5.35. The molecular weight excluding hydrogens is 406 g/mol. The maximum absolute atomic E-state index is 13.0. The van der Waals surface area contributed by atoms with Crippen molar-refractivity contribution < 1.29 is 14.6 Å². The Bertz CT molecular complexity index is 1190. The Morgan fingerprint density at radius 1 is 1.37 bits per heavy atom. The van der Waals surface area contributed by atoms with Crippen molar-refractivity contribution in [1.82, 2.24) is 9.38 Å². The topological polar surface area (TPSA) is 84.1 Å². The highest BCUT2D eigenvalue weighted by Crippen LogP contribution is 2.30. The number of hydrogen-bond donors (Lipinski definition) is 1. The van der Waals surface area contributed by atoms with E-state index in [1.165, 1.54) is 10.6 Å². The third kappa shape index (κ3) is 3.85. The lowest BCUT2D eigenvalue weighted by Gasteiger charge is -2.22. The van der Waals surface area contributed by atoms with Gasteiger partial charge in [0.05, 0.1) is 10.6 Å². The van der Waals surface area contributed by atoms with Gasteiger partial charge in [0.25, 0.3) is 5.56 Å². The lowest BCUT2D eigenvalue weighted by Crippen LogP contribution is -2.27. The molecule has 0 aliphatic rings. The summed E-state index contributed by atoms with van der Waals surface area (Å²) in [5.41, 5.74) is 2.01. The molecule has 0 aliphatic carbocycles. The second-order valence-corrected chi connectivity index (χ2v) is 7.64. The fourth-order valence-corrected chi connectivity index (χ4v) is 3.61. The fourth-order valence-electron chi connectivity index (χ4n) is 3.40. The summed E-state index contributed by atoms with van der Waals surface area (Å²) in [7, 11) is 1.87. The minimum Gasteiger partial charge on any atom is -0.485 e. The van der Waals surface area contributed by atoms with Crippen molar-refractivity contribution in [2.75, 3.05) is 18.5 Å². The largest absolute Gasteiger partial charge is 0.485 e. The number of fused-ring (bicyclic) bond motifs is 1. The quantitative estimate of drug-likeness (QED) is 0.630. The van der Waals surface area contributed by atoms with E-state index < -0.39 is 12.1 Å². The lowest BCUT2D eigenvalue weighted by molar-refractivity contribution is 0.0689. The molecule has 0 radical (unpaired) electrons. The van der Waals surface area contributed by atoms with Gasteiger partial charge in [0, 0.05) is 25.4 Å². The molecule has 1 atom stereocenters. The van der Waals surface area contributed by atoms with Crippen LogP contribution in [-0.2, 0) is 0 Å². The molecule has 30 heavy (non-hydrogen) atoms. The van der Waals surface area contributed by atoms with E-state index in [4.69, 9.17) is 21.3 Å². The van der Waals surface area contributed by atoms with Gasteiger partial charge in [0.2, 0.25) is 0 Å². The van der Waals surface area contributed by atoms with E-state index in [9.17, 15) is 14.7 Å². The zero-order chi connectivity index (χ0) is 22.2. The van der Waals surface area contributed by atoms with Crippen molar-refractivity contribution in [2.45, 2.75) is 33.8 Å². The first kappa shape index (κ1) is 21.6. The minimum absolute atomic E-state index is 0.100. The second-order valence-electron chi connectivity index (χ2n) is 7.20. The molecule has 0 amide bonds. The Kier molecular flexibility index (Phi) is 6.03. The first-order valence-corrected chi connectivity index (χ1v) is 9.96. The molecule has 0 bridgehead atoms. The minimum atomic E-state index is -1.07. The lowest BCUT2D eigenvalue weighted by atomic mass is 10.1. The SMILES string of the molecule is CCN(C)c1nc2c(C(C)Oc3cccc(C)c3C(=O)O)cc(Cl)cn2c(=O)c1C. The van der Waals surface area contributed by atoms with Crippen LogP contribution in [-0.4, -0.2) is 34.1 Å². The summed E-state index contributed by atoms with van der Waals surface area (Å²) in [5, 5.41) is 9.93. The van der Waals surface area contributed by atoms with Gasteiger partial charge in [0.15, 0.2) is 0 Å². The smallest absolute Gasteiger partial charge is 0.339 e. The van der Waals surface area contributed by atoms with Gasteiger partial charge in [-0.3, -0.25) is 9.20 Å². The Morgan fingerprint density at radius 3 is 2.70 bits per heavy atom. The number of nitrogens with zero attached hydrogens (tertiary/aromatic N) is 3. The number of carboxylic acid groups (broad SMARTS) is 1. The van der Waals surface area contributed by atoms with Crippen LogP contribution in [0.25, 0.3) is 5.65 Å². The standard InChI is InChI=1S/C22H24ClN3O4/c1-6-25(5)19-13(3)21(27)26-11-15(23)10-16(20(26)24-19)14(4)30-17-9-7-8-12(2)18(17)22(28)29/h7-11,14H,6H2,1-5H3,(H,28,29). The van der Waals surface area contributed by atoms with E-state index in [1.807, 2.05) is 18.9 Å². The molecule has 8 heteroatoms. The van der Waals surface area contributed by atoms with Crippen LogP contribution >= 0.6 is 11.6 Å². The van der Waals surface area contributed by atoms with Crippen molar-refractivity contribution in [3.63, 3.8) is 0 Å². The molecule has 1 unspecified atom stereocenters. The summed E-state index contributed by atoms with van der Waals surface area (Å²) in [6, 6.07) is 6.75. The molecular formula is C22H24ClN3O4. The first-order valence-electron chi connectivity index (χ1n) is 9.58. The predicted octanol–water partition coefficient (Wildman–Crippen LogP) is 4.26. The van der Waals surface area contributed by atoms with Crippen LogP contribution in [0.15, 0.2) is 35.3 Å². The molecule has 0 saturated heterocycles. The van der Waals surface area contributed by atoms with Gasteiger partial charge in [-0.15, -0.1) is 0 Å². The van der Waals surface area contributed by atoms with E-state index in [-0.39, 0.29) is 16.9 Å². The van der Waals surface area contributed by atoms with E-state index in [0.29, 0.717) is 39.7 Å². The van der Waals surface area contributed by atoms with Crippen LogP contribution in [0.4, 0.5) is 5.82 Å². The molecule has 3 rings (SSSR count). The normalized spacial score (nSPS) is 12.1. The molecule has 0 fully saturated rings. The summed E-state index contributed by atoms with van der Waals surface area (Å²) < 4.78 is 7.44. The molecule has 1 N–H and O–H groups in total. The van der Waals surface area contributed by atoms with Gasteiger partial charge in [-0.25, -0.2) is 9.78 Å². The van der Waals surface area contributed by atoms with Gasteiger partial charge in [-0.2, -0.15) is 0 Å². The maximum atomic E-state index is 13.0. The number of aromatic nitrogens is 2. The molecule has 2 heterocycles. The Balaban J connectivity index is 2.19. The van der Waals surface area contributed by atoms with Gasteiger partial charge in [-0.05, 0) is 45.4 Å². The fraction of sp³-hybridized carbons (Fsp3) is 0.318. The summed E-state index contributed by atoms with van der Waals surface area (Å²) >= 11 is 6.28. The molecule has 158 valence electrons. The number of pyridine rings is 1. The maximum Gasteiger partial charge on any atom is 0.339 e. The van der Waals surface area contributed by atoms with Crippen molar-refractivity contribution in [1.29, 1.82) is 0 Å². The summed E-state index contributed by atoms with van der Waals surface area (Å²) in [6.07, 6.45) is 0.925. The van der Waals surface area contributed by atoms with Crippen molar-refractivity contribution in [2.24, 2.45) is 0 Å². The van der Waals surface area contributed by atoms with Crippen LogP contribution in [0.5, 0.6) is 5.75 Å². The Morgan fingerprint density at radius 2 is 2.07 bits per heavy atom.